The van der Waals surface area contributed by atoms with Crippen LogP contribution in [0.15, 0.2) is 42.5 Å². The Morgan fingerprint density at radius 3 is 2.17 bits per heavy atom. The molecule has 1 aliphatic rings. The Balaban J connectivity index is 1.62. The molecule has 1 aliphatic heterocycles. The number of carbonyl (C=O) groups is 2. The number of imide groups is 1. The van der Waals surface area contributed by atoms with Gasteiger partial charge in [-0.05, 0) is 24.8 Å². The van der Waals surface area contributed by atoms with Crippen LogP contribution in [0.2, 0.25) is 0 Å². The van der Waals surface area contributed by atoms with Crippen LogP contribution in [0.3, 0.4) is 0 Å². The first kappa shape index (κ1) is 12.6. The molecule has 0 spiro atoms. The minimum atomic E-state index is -0.178. The molecule has 3 heteroatoms. The number of carbonyl (C=O) groups excluding carboxylic acids is 2. The fraction of sp³-hybridized carbons (Fsp3) is 0.333. The van der Waals surface area contributed by atoms with Crippen molar-refractivity contribution in [2.45, 2.75) is 25.7 Å². The Morgan fingerprint density at radius 1 is 0.833 bits per heavy atom. The van der Waals surface area contributed by atoms with E-state index in [9.17, 15) is 9.59 Å². The van der Waals surface area contributed by atoms with Crippen molar-refractivity contribution in [1.82, 2.24) is 4.90 Å². The lowest BCUT2D eigenvalue weighted by molar-refractivity contribution is -0.136. The monoisotopic (exact) mass is 243 g/mol. The lowest BCUT2D eigenvalue weighted by Crippen LogP contribution is -2.30. The van der Waals surface area contributed by atoms with E-state index < -0.39 is 0 Å². The molecule has 2 rings (SSSR count). The van der Waals surface area contributed by atoms with Crippen molar-refractivity contribution >= 4 is 11.8 Å². The van der Waals surface area contributed by atoms with Gasteiger partial charge in [0.05, 0.1) is 0 Å². The zero-order valence-electron chi connectivity index (χ0n) is 10.3. The Morgan fingerprint density at radius 2 is 1.50 bits per heavy atom. The second kappa shape index (κ2) is 6.15. The number of rotatable bonds is 6. The molecular weight excluding hydrogens is 226 g/mol. The van der Waals surface area contributed by atoms with E-state index in [1.54, 1.807) is 0 Å². The van der Waals surface area contributed by atoms with Gasteiger partial charge in [-0.1, -0.05) is 36.8 Å². The molecule has 0 aromatic heterocycles. The van der Waals surface area contributed by atoms with Crippen LogP contribution in [0.4, 0.5) is 0 Å². The Labute approximate surface area is 107 Å². The lowest BCUT2D eigenvalue weighted by Gasteiger charge is -2.13. The van der Waals surface area contributed by atoms with Gasteiger partial charge in [-0.15, -0.1) is 0 Å². The number of benzene rings is 1. The molecule has 0 unspecified atom stereocenters. The highest BCUT2D eigenvalue weighted by Crippen LogP contribution is 2.09. The first-order valence-corrected chi connectivity index (χ1v) is 6.35. The molecule has 0 radical (unpaired) electrons. The molecule has 0 fully saturated rings. The molecule has 1 heterocycles. The summed E-state index contributed by atoms with van der Waals surface area (Å²) >= 11 is 0. The summed E-state index contributed by atoms with van der Waals surface area (Å²) in [6.45, 7) is 0.541. The molecule has 0 aliphatic carbocycles. The maximum absolute atomic E-state index is 11.3. The van der Waals surface area contributed by atoms with Crippen molar-refractivity contribution in [3.05, 3.63) is 48.0 Å². The fourth-order valence-electron chi connectivity index (χ4n) is 2.07. The highest BCUT2D eigenvalue weighted by Gasteiger charge is 2.21. The number of aryl methyl sites for hydroxylation is 1. The molecule has 0 saturated heterocycles. The summed E-state index contributed by atoms with van der Waals surface area (Å²) in [4.78, 5) is 23.9. The Bertz CT molecular complexity index is 433. The highest BCUT2D eigenvalue weighted by atomic mass is 16.2. The molecule has 2 amide bonds. The average molecular weight is 243 g/mol. The summed E-state index contributed by atoms with van der Waals surface area (Å²) in [5.41, 5.74) is 1.34. The molecule has 0 atom stereocenters. The van der Waals surface area contributed by atoms with Gasteiger partial charge in [0, 0.05) is 18.7 Å². The van der Waals surface area contributed by atoms with Crippen LogP contribution in [0.1, 0.15) is 24.8 Å². The lowest BCUT2D eigenvalue weighted by atomic mass is 10.1. The largest absolute Gasteiger partial charge is 0.275 e. The molecule has 0 N–H and O–H groups in total. The van der Waals surface area contributed by atoms with Crippen LogP contribution in [0.5, 0.6) is 0 Å². The summed E-state index contributed by atoms with van der Waals surface area (Å²) in [5.74, 6) is -0.355. The Hall–Kier alpha value is -1.90. The number of unbranched alkanes of at least 4 members (excludes halogenated alkanes) is 2. The third kappa shape index (κ3) is 3.29. The highest BCUT2D eigenvalue weighted by molar-refractivity contribution is 6.12. The van der Waals surface area contributed by atoms with Crippen LogP contribution in [-0.2, 0) is 16.0 Å². The van der Waals surface area contributed by atoms with E-state index in [0.717, 1.165) is 25.7 Å². The molecule has 94 valence electrons. The summed E-state index contributed by atoms with van der Waals surface area (Å²) < 4.78 is 0. The Kier molecular flexibility index (Phi) is 4.29. The van der Waals surface area contributed by atoms with E-state index in [1.165, 1.54) is 22.6 Å². The van der Waals surface area contributed by atoms with Gasteiger partial charge in [-0.2, -0.15) is 0 Å². The predicted molar refractivity (Wildman–Crippen MR) is 69.9 cm³/mol. The predicted octanol–water partition coefficient (Wildman–Crippen LogP) is 2.32. The van der Waals surface area contributed by atoms with Crippen LogP contribution in [-0.4, -0.2) is 23.3 Å². The number of hydrogen-bond acceptors (Lipinski definition) is 2. The maximum Gasteiger partial charge on any atom is 0.253 e. The fourth-order valence-corrected chi connectivity index (χ4v) is 2.07. The minimum Gasteiger partial charge on any atom is -0.275 e. The quantitative estimate of drug-likeness (QED) is 0.568. The van der Waals surface area contributed by atoms with Crippen molar-refractivity contribution in [2.75, 3.05) is 6.54 Å². The smallest absolute Gasteiger partial charge is 0.253 e. The van der Waals surface area contributed by atoms with Crippen LogP contribution >= 0.6 is 0 Å². The van der Waals surface area contributed by atoms with Crippen LogP contribution in [0.25, 0.3) is 0 Å². The van der Waals surface area contributed by atoms with E-state index in [1.807, 2.05) is 18.2 Å². The molecule has 0 saturated carbocycles. The molecule has 1 aromatic carbocycles. The van der Waals surface area contributed by atoms with Gasteiger partial charge >= 0.3 is 0 Å². The first-order valence-electron chi connectivity index (χ1n) is 6.35. The summed E-state index contributed by atoms with van der Waals surface area (Å²) in [6, 6.07) is 10.3. The normalized spacial score (nSPS) is 14.6. The maximum atomic E-state index is 11.3. The first-order chi connectivity index (χ1) is 8.77. The summed E-state index contributed by atoms with van der Waals surface area (Å²) in [5, 5.41) is 0. The number of nitrogens with zero attached hydrogens (tertiary/aromatic N) is 1. The molecule has 1 aromatic rings. The summed E-state index contributed by atoms with van der Waals surface area (Å²) in [6.07, 6.45) is 6.74. The number of amides is 2. The van der Waals surface area contributed by atoms with E-state index in [0.29, 0.717) is 6.54 Å². The standard InChI is InChI=1S/C15H17NO2/c17-14-10-11-15(18)16(14)12-6-2-5-9-13-7-3-1-4-8-13/h1,3-4,7-8,10-11H,2,5-6,9,12H2. The van der Waals surface area contributed by atoms with Crippen molar-refractivity contribution in [3.63, 3.8) is 0 Å². The summed E-state index contributed by atoms with van der Waals surface area (Å²) in [7, 11) is 0. The SMILES string of the molecule is O=C1C=CC(=O)N1CCCCCc1ccccc1. The van der Waals surface area contributed by atoms with E-state index in [-0.39, 0.29) is 11.8 Å². The van der Waals surface area contributed by atoms with E-state index in [2.05, 4.69) is 12.1 Å². The van der Waals surface area contributed by atoms with Gasteiger partial charge in [0.2, 0.25) is 0 Å². The average Bonchev–Trinajstić information content (AvgIpc) is 2.71. The van der Waals surface area contributed by atoms with Crippen molar-refractivity contribution in [2.24, 2.45) is 0 Å². The van der Waals surface area contributed by atoms with Crippen molar-refractivity contribution < 1.29 is 9.59 Å². The molecule has 3 nitrogen and oxygen atoms in total. The third-order valence-electron chi connectivity index (χ3n) is 3.09. The van der Waals surface area contributed by atoms with Crippen molar-refractivity contribution in [3.8, 4) is 0 Å². The molecule has 0 bridgehead atoms. The zero-order chi connectivity index (χ0) is 12.8. The minimum absolute atomic E-state index is 0.178. The zero-order valence-corrected chi connectivity index (χ0v) is 10.3. The van der Waals surface area contributed by atoms with Gasteiger partial charge < -0.3 is 0 Å². The van der Waals surface area contributed by atoms with E-state index in [4.69, 9.17) is 0 Å². The van der Waals surface area contributed by atoms with Gasteiger partial charge in [0.15, 0.2) is 0 Å². The topological polar surface area (TPSA) is 37.4 Å². The third-order valence-corrected chi connectivity index (χ3v) is 3.09. The van der Waals surface area contributed by atoms with E-state index >= 15 is 0 Å². The van der Waals surface area contributed by atoms with Gasteiger partial charge in [0.25, 0.3) is 11.8 Å². The second-order valence-electron chi connectivity index (χ2n) is 4.46. The van der Waals surface area contributed by atoms with Crippen molar-refractivity contribution in [1.29, 1.82) is 0 Å². The molecule has 18 heavy (non-hydrogen) atoms. The van der Waals surface area contributed by atoms with Gasteiger partial charge in [-0.3, -0.25) is 14.5 Å². The van der Waals surface area contributed by atoms with Gasteiger partial charge in [-0.25, -0.2) is 0 Å². The van der Waals surface area contributed by atoms with Gasteiger partial charge in [0.1, 0.15) is 0 Å². The molecular formula is C15H17NO2. The van der Waals surface area contributed by atoms with Crippen LogP contribution in [0, 0.1) is 0 Å². The van der Waals surface area contributed by atoms with Crippen LogP contribution < -0.4 is 0 Å². The second-order valence-corrected chi connectivity index (χ2v) is 4.46. The number of hydrogen-bond donors (Lipinski definition) is 0.